The second kappa shape index (κ2) is 5.00. The van der Waals surface area contributed by atoms with Crippen LogP contribution < -0.4 is 5.32 Å². The molecule has 3 rings (SSSR count). The summed E-state index contributed by atoms with van der Waals surface area (Å²) in [5.74, 6) is 1.73. The van der Waals surface area contributed by atoms with E-state index in [0.717, 1.165) is 35.1 Å². The molecule has 5 heteroatoms. The predicted octanol–water partition coefficient (Wildman–Crippen LogP) is 2.89. The highest BCUT2D eigenvalue weighted by atomic mass is 35.5. The van der Waals surface area contributed by atoms with Crippen molar-refractivity contribution in [1.29, 1.82) is 0 Å². The van der Waals surface area contributed by atoms with Crippen molar-refractivity contribution in [3.8, 4) is 0 Å². The lowest BCUT2D eigenvalue weighted by atomic mass is 10.1. The lowest BCUT2D eigenvalue weighted by molar-refractivity contribution is 0.408. The molecule has 1 saturated heterocycles. The summed E-state index contributed by atoms with van der Waals surface area (Å²) >= 11 is 7.78. The van der Waals surface area contributed by atoms with Crippen LogP contribution in [0.2, 0.25) is 4.34 Å². The van der Waals surface area contributed by atoms with Crippen molar-refractivity contribution in [2.75, 3.05) is 11.5 Å². The van der Waals surface area contributed by atoms with Crippen molar-refractivity contribution >= 4 is 33.7 Å². The predicted molar refractivity (Wildman–Crippen MR) is 74.4 cm³/mol. The van der Waals surface area contributed by atoms with Gasteiger partial charge in [-0.2, -0.15) is 0 Å². The third-order valence-corrected chi connectivity index (χ3v) is 6.39. The first-order valence-corrected chi connectivity index (χ1v) is 8.80. The van der Waals surface area contributed by atoms with Crippen LogP contribution in [0.3, 0.4) is 0 Å². The van der Waals surface area contributed by atoms with Gasteiger partial charge in [0.05, 0.1) is 4.34 Å². The molecule has 1 N–H and O–H groups in total. The highest BCUT2D eigenvalue weighted by Crippen LogP contribution is 2.39. The molecule has 1 aromatic heterocycles. The zero-order chi connectivity index (χ0) is 11.8. The van der Waals surface area contributed by atoms with Gasteiger partial charge in [0.25, 0.3) is 0 Å². The van der Waals surface area contributed by atoms with Gasteiger partial charge >= 0.3 is 0 Å². The molecule has 2 heterocycles. The molecule has 2 aliphatic rings. The van der Waals surface area contributed by atoms with Crippen LogP contribution in [0.25, 0.3) is 0 Å². The molecule has 1 fully saturated rings. The van der Waals surface area contributed by atoms with Crippen molar-refractivity contribution in [3.63, 3.8) is 0 Å². The standard InChI is InChI=1S/C12H16ClNOS2/c13-12-7-9-10(1-2-11(9)16-12)14-8-3-5-17(15)6-4-8/h7-8,10,14H,1-6H2. The number of aryl methyl sites for hydroxylation is 1. The Morgan fingerprint density at radius 1 is 1.35 bits per heavy atom. The first kappa shape index (κ1) is 12.2. The van der Waals surface area contributed by atoms with Crippen LogP contribution in [0.15, 0.2) is 6.07 Å². The average Bonchev–Trinajstić information content (AvgIpc) is 2.83. The quantitative estimate of drug-likeness (QED) is 0.907. The molecular formula is C12H16ClNOS2. The maximum Gasteiger partial charge on any atom is 0.0934 e. The Morgan fingerprint density at radius 3 is 2.88 bits per heavy atom. The topological polar surface area (TPSA) is 29.1 Å². The molecule has 0 aromatic carbocycles. The Morgan fingerprint density at radius 2 is 2.12 bits per heavy atom. The summed E-state index contributed by atoms with van der Waals surface area (Å²) in [6.45, 7) is 0. The summed E-state index contributed by atoms with van der Waals surface area (Å²) in [6, 6.07) is 3.14. The summed E-state index contributed by atoms with van der Waals surface area (Å²) in [5, 5.41) is 3.72. The van der Waals surface area contributed by atoms with Gasteiger partial charge in [-0.05, 0) is 37.3 Å². The van der Waals surface area contributed by atoms with Crippen LogP contribution >= 0.6 is 22.9 Å². The number of thiophene rings is 1. The van der Waals surface area contributed by atoms with Crippen molar-refractivity contribution in [3.05, 3.63) is 20.8 Å². The SMILES string of the molecule is O=S1CCC(NC2CCc3sc(Cl)cc32)CC1. The molecule has 0 bridgehead atoms. The minimum Gasteiger partial charge on any atom is -0.307 e. The number of nitrogens with one attached hydrogen (secondary N) is 1. The Bertz CT molecular complexity index is 436. The molecule has 94 valence electrons. The largest absolute Gasteiger partial charge is 0.307 e. The van der Waals surface area contributed by atoms with Gasteiger partial charge in [-0.1, -0.05) is 11.6 Å². The Kier molecular flexibility index (Phi) is 3.57. The van der Waals surface area contributed by atoms with E-state index in [9.17, 15) is 4.21 Å². The third kappa shape index (κ3) is 2.60. The van der Waals surface area contributed by atoms with Crippen molar-refractivity contribution in [2.45, 2.75) is 37.8 Å². The summed E-state index contributed by atoms with van der Waals surface area (Å²) in [5.41, 5.74) is 1.41. The van der Waals surface area contributed by atoms with Gasteiger partial charge in [-0.3, -0.25) is 4.21 Å². The van der Waals surface area contributed by atoms with Gasteiger partial charge in [0.15, 0.2) is 0 Å². The van der Waals surface area contributed by atoms with E-state index >= 15 is 0 Å². The second-order valence-electron chi connectivity index (χ2n) is 4.81. The van der Waals surface area contributed by atoms with Crippen LogP contribution in [-0.4, -0.2) is 21.8 Å². The van der Waals surface area contributed by atoms with Crippen LogP contribution in [0.4, 0.5) is 0 Å². The molecule has 1 aromatic rings. The number of rotatable bonds is 2. The van der Waals surface area contributed by atoms with Gasteiger partial charge in [-0.15, -0.1) is 11.3 Å². The van der Waals surface area contributed by atoms with E-state index in [2.05, 4.69) is 11.4 Å². The van der Waals surface area contributed by atoms with Crippen molar-refractivity contribution in [1.82, 2.24) is 5.32 Å². The normalized spacial score (nSPS) is 32.6. The molecule has 0 spiro atoms. The molecule has 1 aliphatic heterocycles. The number of fused-ring (bicyclic) bond motifs is 1. The molecule has 1 unspecified atom stereocenters. The smallest absolute Gasteiger partial charge is 0.0934 e. The first-order valence-electron chi connectivity index (χ1n) is 6.11. The monoisotopic (exact) mass is 289 g/mol. The molecular weight excluding hydrogens is 274 g/mol. The van der Waals surface area contributed by atoms with E-state index in [4.69, 9.17) is 11.6 Å². The maximum absolute atomic E-state index is 11.3. The Balaban J connectivity index is 1.65. The first-order chi connectivity index (χ1) is 8.22. The number of hydrogen-bond donors (Lipinski definition) is 1. The van der Waals surface area contributed by atoms with Crippen LogP contribution in [0.5, 0.6) is 0 Å². The van der Waals surface area contributed by atoms with E-state index in [1.807, 2.05) is 0 Å². The van der Waals surface area contributed by atoms with Gasteiger partial charge in [-0.25, -0.2) is 0 Å². The summed E-state index contributed by atoms with van der Waals surface area (Å²) < 4.78 is 12.2. The van der Waals surface area contributed by atoms with Gasteiger partial charge in [0, 0.05) is 39.3 Å². The summed E-state index contributed by atoms with van der Waals surface area (Å²) in [7, 11) is -0.564. The summed E-state index contributed by atoms with van der Waals surface area (Å²) in [4.78, 5) is 1.45. The fraction of sp³-hybridized carbons (Fsp3) is 0.667. The van der Waals surface area contributed by atoms with Gasteiger partial charge in [0.1, 0.15) is 0 Å². The van der Waals surface area contributed by atoms with Crippen molar-refractivity contribution < 1.29 is 4.21 Å². The average molecular weight is 290 g/mol. The fourth-order valence-corrected chi connectivity index (χ4v) is 5.40. The third-order valence-electron chi connectivity index (χ3n) is 3.67. The van der Waals surface area contributed by atoms with Crippen molar-refractivity contribution in [2.24, 2.45) is 0 Å². The molecule has 2 nitrogen and oxygen atoms in total. The van der Waals surface area contributed by atoms with Gasteiger partial charge < -0.3 is 5.32 Å². The van der Waals surface area contributed by atoms with Crippen LogP contribution in [-0.2, 0) is 17.2 Å². The number of halogens is 1. The lowest BCUT2D eigenvalue weighted by Crippen LogP contribution is -2.37. The van der Waals surface area contributed by atoms with E-state index < -0.39 is 10.8 Å². The zero-order valence-corrected chi connectivity index (χ0v) is 12.0. The molecule has 0 saturated carbocycles. The highest BCUT2D eigenvalue weighted by molar-refractivity contribution is 7.85. The molecule has 1 aliphatic carbocycles. The minimum absolute atomic E-state index is 0.477. The second-order valence-corrected chi connectivity index (χ2v) is 8.27. The number of hydrogen-bond acceptors (Lipinski definition) is 3. The Hall–Kier alpha value is 0.1000. The van der Waals surface area contributed by atoms with Crippen LogP contribution in [0.1, 0.15) is 35.7 Å². The molecule has 1 atom stereocenters. The highest BCUT2D eigenvalue weighted by Gasteiger charge is 2.28. The van der Waals surface area contributed by atoms with E-state index in [1.165, 1.54) is 16.9 Å². The van der Waals surface area contributed by atoms with E-state index in [0.29, 0.717) is 12.1 Å². The molecule has 0 amide bonds. The molecule has 0 radical (unpaired) electrons. The van der Waals surface area contributed by atoms with Gasteiger partial charge in [0.2, 0.25) is 0 Å². The minimum atomic E-state index is -0.564. The molecule has 17 heavy (non-hydrogen) atoms. The fourth-order valence-electron chi connectivity index (χ4n) is 2.75. The van der Waals surface area contributed by atoms with E-state index in [1.54, 1.807) is 11.3 Å². The Labute approximate surface area is 113 Å². The van der Waals surface area contributed by atoms with E-state index in [-0.39, 0.29) is 0 Å². The zero-order valence-electron chi connectivity index (χ0n) is 9.58. The lowest BCUT2D eigenvalue weighted by Gasteiger charge is -2.26. The van der Waals surface area contributed by atoms with Crippen LogP contribution in [0, 0.1) is 0 Å². The maximum atomic E-state index is 11.3. The summed E-state index contributed by atoms with van der Waals surface area (Å²) in [6.07, 6.45) is 4.45.